The van der Waals surface area contributed by atoms with Gasteiger partial charge in [0.2, 0.25) is 0 Å². The summed E-state index contributed by atoms with van der Waals surface area (Å²) >= 11 is 0. The highest BCUT2D eigenvalue weighted by Gasteiger charge is 1.89. The maximum atomic E-state index is 3.26. The first-order valence-electron chi connectivity index (χ1n) is 4.24. The fourth-order valence-electron chi connectivity index (χ4n) is 0.945. The molecule has 0 bridgehead atoms. The molecule has 0 aliphatic heterocycles. The summed E-state index contributed by atoms with van der Waals surface area (Å²) in [6.07, 6.45) is 7.00. The number of rotatable bonds is 4. The molecule has 0 nitrogen and oxygen atoms in total. The predicted octanol–water partition coefficient (Wildman–Crippen LogP) is 3.69. The van der Waals surface area contributed by atoms with Gasteiger partial charge in [0.05, 0.1) is 0 Å². The minimum atomic E-state index is 1.16. The Morgan fingerprint density at radius 2 is 2.10 bits per heavy atom. The average Bonchev–Trinajstić information content (AvgIpc) is 1.98. The van der Waals surface area contributed by atoms with E-state index in [2.05, 4.69) is 19.6 Å². The fourth-order valence-corrected chi connectivity index (χ4v) is 0.945. The zero-order valence-corrected chi connectivity index (χ0v) is 7.41. The molecule has 0 radical (unpaired) electrons. The van der Waals surface area contributed by atoms with Gasteiger partial charge in [-0.2, -0.15) is 0 Å². The number of unbranched alkanes of at least 4 members (excludes halogenated alkanes) is 1. The van der Waals surface area contributed by atoms with E-state index in [4.69, 9.17) is 0 Å². The van der Waals surface area contributed by atoms with Crippen LogP contribution in [-0.4, -0.2) is 0 Å². The van der Waals surface area contributed by atoms with Crippen molar-refractivity contribution in [3.63, 3.8) is 0 Å². The van der Waals surface area contributed by atoms with E-state index in [0.29, 0.717) is 0 Å². The van der Waals surface area contributed by atoms with Crippen molar-refractivity contribution >= 4 is 0 Å². The van der Waals surface area contributed by atoms with Gasteiger partial charge in [0.15, 0.2) is 0 Å². The molecule has 0 atom stereocenters. The van der Waals surface area contributed by atoms with Gasteiger partial charge in [0, 0.05) is 0 Å². The quantitative estimate of drug-likeness (QED) is 0.520. The van der Waals surface area contributed by atoms with Crippen LogP contribution in [-0.2, 0) is 0 Å². The van der Waals surface area contributed by atoms with Crippen molar-refractivity contribution in [2.45, 2.75) is 46.5 Å². The van der Waals surface area contributed by atoms with E-state index >= 15 is 0 Å². The van der Waals surface area contributed by atoms with Crippen molar-refractivity contribution < 1.29 is 0 Å². The van der Waals surface area contributed by atoms with Gasteiger partial charge in [-0.15, -0.1) is 5.73 Å². The summed E-state index contributed by atoms with van der Waals surface area (Å²) in [5, 5.41) is 0. The molecule has 0 heterocycles. The van der Waals surface area contributed by atoms with E-state index in [1.807, 2.05) is 13.0 Å². The van der Waals surface area contributed by atoms with Crippen LogP contribution in [0.3, 0.4) is 0 Å². The molecule has 0 saturated heterocycles. The smallest absolute Gasteiger partial charge is 0.0244 e. The highest BCUT2D eigenvalue weighted by atomic mass is 13.9. The van der Waals surface area contributed by atoms with Crippen molar-refractivity contribution in [1.29, 1.82) is 0 Å². The lowest BCUT2D eigenvalue weighted by atomic mass is 10.1. The van der Waals surface area contributed by atoms with Crippen LogP contribution >= 0.6 is 0 Å². The molecule has 0 heteroatoms. The van der Waals surface area contributed by atoms with Crippen LogP contribution in [0.2, 0.25) is 0 Å². The molecule has 0 aliphatic rings. The third-order valence-electron chi connectivity index (χ3n) is 1.61. The fraction of sp³-hybridized carbons (Fsp3) is 0.700. The SMILES string of the molecule is CC=C=C(CC)CCCC. The molecule has 0 aromatic carbocycles. The summed E-state index contributed by atoms with van der Waals surface area (Å²) in [6, 6.07) is 0. The lowest BCUT2D eigenvalue weighted by Crippen LogP contribution is -1.78. The second-order valence-corrected chi connectivity index (χ2v) is 2.49. The molecule has 58 valence electrons. The Kier molecular flexibility index (Phi) is 6.32. The first-order chi connectivity index (χ1) is 4.85. The molecule has 10 heavy (non-hydrogen) atoms. The maximum Gasteiger partial charge on any atom is -0.0244 e. The summed E-state index contributed by atoms with van der Waals surface area (Å²) in [5.41, 5.74) is 4.72. The highest BCUT2D eigenvalue weighted by Crippen LogP contribution is 2.08. The van der Waals surface area contributed by atoms with Crippen LogP contribution in [0.4, 0.5) is 0 Å². The third kappa shape index (κ3) is 4.40. The zero-order chi connectivity index (χ0) is 7.82. The molecule has 0 aliphatic carbocycles. The van der Waals surface area contributed by atoms with E-state index in [1.165, 1.54) is 24.8 Å². The summed E-state index contributed by atoms with van der Waals surface area (Å²) < 4.78 is 0. The van der Waals surface area contributed by atoms with E-state index in [1.54, 1.807) is 0 Å². The van der Waals surface area contributed by atoms with Crippen molar-refractivity contribution in [2.75, 3.05) is 0 Å². The number of hydrogen-bond acceptors (Lipinski definition) is 0. The third-order valence-corrected chi connectivity index (χ3v) is 1.61. The van der Waals surface area contributed by atoms with Crippen LogP contribution in [0.15, 0.2) is 17.4 Å². The van der Waals surface area contributed by atoms with Gasteiger partial charge < -0.3 is 0 Å². The molecule has 0 aromatic heterocycles. The predicted molar refractivity (Wildman–Crippen MR) is 47.1 cm³/mol. The van der Waals surface area contributed by atoms with Crippen molar-refractivity contribution in [2.24, 2.45) is 0 Å². The monoisotopic (exact) mass is 138 g/mol. The van der Waals surface area contributed by atoms with Crippen LogP contribution in [0.5, 0.6) is 0 Å². The number of hydrogen-bond donors (Lipinski definition) is 0. The van der Waals surface area contributed by atoms with Crippen LogP contribution in [0.25, 0.3) is 0 Å². The Morgan fingerprint density at radius 3 is 2.50 bits per heavy atom. The van der Waals surface area contributed by atoms with Gasteiger partial charge in [-0.05, 0) is 37.8 Å². The summed E-state index contributed by atoms with van der Waals surface area (Å²) in [6.45, 7) is 6.45. The molecule has 0 spiro atoms. The van der Waals surface area contributed by atoms with Gasteiger partial charge >= 0.3 is 0 Å². The molecule has 0 N–H and O–H groups in total. The maximum absolute atomic E-state index is 3.26. The van der Waals surface area contributed by atoms with Gasteiger partial charge in [-0.25, -0.2) is 0 Å². The molecule has 0 saturated carbocycles. The van der Waals surface area contributed by atoms with E-state index in [0.717, 1.165) is 6.42 Å². The van der Waals surface area contributed by atoms with Crippen LogP contribution in [0.1, 0.15) is 46.5 Å². The molecule has 0 unspecified atom stereocenters. The Balaban J connectivity index is 3.73. The Morgan fingerprint density at radius 1 is 1.40 bits per heavy atom. The Hall–Kier alpha value is -0.480. The lowest BCUT2D eigenvalue weighted by Gasteiger charge is -1.97. The summed E-state index contributed by atoms with van der Waals surface area (Å²) in [4.78, 5) is 0. The van der Waals surface area contributed by atoms with E-state index < -0.39 is 0 Å². The van der Waals surface area contributed by atoms with Gasteiger partial charge in [0.1, 0.15) is 0 Å². The first-order valence-corrected chi connectivity index (χ1v) is 4.24. The first kappa shape index (κ1) is 9.52. The summed E-state index contributed by atoms with van der Waals surface area (Å²) in [5.74, 6) is 0. The highest BCUT2D eigenvalue weighted by molar-refractivity contribution is 4.99. The van der Waals surface area contributed by atoms with Gasteiger partial charge in [-0.1, -0.05) is 20.3 Å². The van der Waals surface area contributed by atoms with Crippen LogP contribution in [0, 0.1) is 0 Å². The molecular weight excluding hydrogens is 120 g/mol. The van der Waals surface area contributed by atoms with Gasteiger partial charge in [-0.3, -0.25) is 0 Å². The van der Waals surface area contributed by atoms with Crippen molar-refractivity contribution in [1.82, 2.24) is 0 Å². The molecule has 0 rings (SSSR count). The van der Waals surface area contributed by atoms with E-state index in [-0.39, 0.29) is 0 Å². The topological polar surface area (TPSA) is 0 Å². The lowest BCUT2D eigenvalue weighted by molar-refractivity contribution is 0.767. The number of allylic oxidation sites excluding steroid dienone is 1. The van der Waals surface area contributed by atoms with Crippen molar-refractivity contribution in [3.05, 3.63) is 17.4 Å². The minimum Gasteiger partial charge on any atom is -0.126 e. The standard InChI is InChI=1S/C10H18/c1-4-7-9-10(6-3)8-5-2/h5H,4,6-7,9H2,1-3H3. The Bertz CT molecular complexity index is 125. The second kappa shape index (κ2) is 6.64. The molecule has 0 aromatic rings. The zero-order valence-electron chi connectivity index (χ0n) is 7.41. The second-order valence-electron chi connectivity index (χ2n) is 2.49. The Labute approximate surface area is 64.6 Å². The molecular formula is C10H18. The minimum absolute atomic E-state index is 1.16. The normalized spacial score (nSPS) is 8.70. The van der Waals surface area contributed by atoms with Crippen LogP contribution < -0.4 is 0 Å². The largest absolute Gasteiger partial charge is 0.126 e. The molecule has 0 amide bonds. The van der Waals surface area contributed by atoms with Crippen molar-refractivity contribution in [3.8, 4) is 0 Å². The molecule has 0 fully saturated rings. The van der Waals surface area contributed by atoms with Gasteiger partial charge in [0.25, 0.3) is 0 Å². The average molecular weight is 138 g/mol. The van der Waals surface area contributed by atoms with E-state index in [9.17, 15) is 0 Å². The summed E-state index contributed by atoms with van der Waals surface area (Å²) in [7, 11) is 0.